The molecule has 1 aliphatic heterocycles. The number of aryl methyl sites for hydroxylation is 2. The molecule has 10 heteroatoms. The Morgan fingerprint density at radius 2 is 1.62 bits per heavy atom. The van der Waals surface area contributed by atoms with Crippen LogP contribution in [0.1, 0.15) is 32.6 Å². The molecule has 0 spiro atoms. The third kappa shape index (κ3) is 5.78. The lowest BCUT2D eigenvalue weighted by molar-refractivity contribution is -0.384. The number of hydrogen-bond acceptors (Lipinski definition) is 6. The van der Waals surface area contributed by atoms with Crippen molar-refractivity contribution >= 4 is 40.5 Å². The van der Waals surface area contributed by atoms with Crippen molar-refractivity contribution in [3.8, 4) is 0 Å². The summed E-state index contributed by atoms with van der Waals surface area (Å²) in [5.41, 5.74) is 3.78. The zero-order valence-electron chi connectivity index (χ0n) is 22.9. The number of benzene rings is 4. The van der Waals surface area contributed by atoms with Crippen molar-refractivity contribution in [3.05, 3.63) is 135 Å². The number of ketones is 1. The predicted octanol–water partition coefficient (Wildman–Crippen LogP) is 5.43. The van der Waals surface area contributed by atoms with E-state index in [4.69, 9.17) is 0 Å². The molecule has 2 N–H and O–H groups in total. The second-order valence-corrected chi connectivity index (χ2v) is 9.80. The molecule has 1 unspecified atom stereocenters. The number of urea groups is 1. The standard InChI is InChI=1S/C32H27N5O5/c1-20-16-17-25(27(18-20)37(41)42)33-32(40)35-30-31(39)36(19-28(38)23-13-7-6-10-21(23)2)26-15-9-8-14-24(26)29(34-30)22-11-4-3-5-12-22/h3-18,30H,19H2,1-2H3,(H2,33,35,40). The largest absolute Gasteiger partial charge is 0.321 e. The summed E-state index contributed by atoms with van der Waals surface area (Å²) in [6.45, 7) is 3.23. The van der Waals surface area contributed by atoms with E-state index in [-0.39, 0.29) is 23.7 Å². The number of nitrogens with one attached hydrogen (secondary N) is 2. The summed E-state index contributed by atoms with van der Waals surface area (Å²) in [6, 6.07) is 26.9. The summed E-state index contributed by atoms with van der Waals surface area (Å²) in [6.07, 6.45) is -1.44. The van der Waals surface area contributed by atoms with Crippen LogP contribution in [0.3, 0.4) is 0 Å². The number of para-hydroxylation sites is 1. The number of benzodiazepines with no additional fused rings is 1. The van der Waals surface area contributed by atoms with Gasteiger partial charge in [-0.3, -0.25) is 19.7 Å². The third-order valence-corrected chi connectivity index (χ3v) is 6.87. The van der Waals surface area contributed by atoms with Crippen LogP contribution in [-0.2, 0) is 4.79 Å². The van der Waals surface area contributed by atoms with Crippen LogP contribution in [-0.4, -0.2) is 41.1 Å². The normalized spacial score (nSPS) is 14.3. The maximum absolute atomic E-state index is 14.1. The molecule has 10 nitrogen and oxygen atoms in total. The molecule has 1 aliphatic rings. The molecule has 42 heavy (non-hydrogen) atoms. The van der Waals surface area contributed by atoms with Gasteiger partial charge >= 0.3 is 6.03 Å². The second kappa shape index (κ2) is 11.8. The molecule has 5 rings (SSSR count). The number of anilines is 2. The molecule has 0 saturated carbocycles. The number of fused-ring (bicyclic) bond motifs is 1. The molecule has 1 heterocycles. The molecular weight excluding hydrogens is 534 g/mol. The van der Waals surface area contributed by atoms with Gasteiger partial charge in [0, 0.05) is 22.8 Å². The highest BCUT2D eigenvalue weighted by Crippen LogP contribution is 2.29. The van der Waals surface area contributed by atoms with Crippen molar-refractivity contribution in [1.29, 1.82) is 0 Å². The van der Waals surface area contributed by atoms with Crippen LogP contribution in [0.15, 0.2) is 102 Å². The number of amides is 3. The van der Waals surface area contributed by atoms with E-state index in [1.54, 1.807) is 49.4 Å². The lowest BCUT2D eigenvalue weighted by Crippen LogP contribution is -2.50. The van der Waals surface area contributed by atoms with Crippen molar-refractivity contribution in [2.45, 2.75) is 20.0 Å². The molecule has 4 aromatic carbocycles. The smallest absolute Gasteiger partial charge is 0.308 e. The van der Waals surface area contributed by atoms with E-state index in [9.17, 15) is 24.5 Å². The maximum Gasteiger partial charge on any atom is 0.321 e. The van der Waals surface area contributed by atoms with Gasteiger partial charge in [0.2, 0.25) is 6.17 Å². The number of Topliss-reactive ketones (excluding diaryl/α,β-unsaturated/α-hetero) is 1. The minimum Gasteiger partial charge on any atom is -0.308 e. The topological polar surface area (TPSA) is 134 Å². The highest BCUT2D eigenvalue weighted by Gasteiger charge is 2.34. The fourth-order valence-corrected chi connectivity index (χ4v) is 4.81. The van der Waals surface area contributed by atoms with Crippen molar-refractivity contribution in [3.63, 3.8) is 0 Å². The second-order valence-electron chi connectivity index (χ2n) is 9.80. The van der Waals surface area contributed by atoms with Crippen LogP contribution in [0.25, 0.3) is 0 Å². The summed E-state index contributed by atoms with van der Waals surface area (Å²) in [7, 11) is 0. The number of carbonyl (C=O) groups is 3. The Morgan fingerprint density at radius 3 is 2.36 bits per heavy atom. The SMILES string of the molecule is Cc1ccc(NC(=O)NC2N=C(c3ccccc3)c3ccccc3N(CC(=O)c3ccccc3C)C2=O)c([N+](=O)[O-])c1. The molecule has 210 valence electrons. The van der Waals surface area contributed by atoms with Gasteiger partial charge in [0.25, 0.3) is 11.6 Å². The first kappa shape index (κ1) is 27.9. The van der Waals surface area contributed by atoms with Crippen molar-refractivity contribution in [2.24, 2.45) is 4.99 Å². The molecule has 4 aromatic rings. The van der Waals surface area contributed by atoms with Crippen LogP contribution in [0.4, 0.5) is 21.9 Å². The summed E-state index contributed by atoms with van der Waals surface area (Å²) in [4.78, 5) is 57.7. The lowest BCUT2D eigenvalue weighted by atomic mass is 9.99. The Bertz CT molecular complexity index is 1730. The Hall–Kier alpha value is -5.64. The minimum absolute atomic E-state index is 0.0358. The number of rotatable bonds is 7. The lowest BCUT2D eigenvalue weighted by Gasteiger charge is -2.25. The van der Waals surface area contributed by atoms with Gasteiger partial charge in [-0.25, -0.2) is 9.79 Å². The van der Waals surface area contributed by atoms with E-state index >= 15 is 0 Å². The zero-order chi connectivity index (χ0) is 29.8. The van der Waals surface area contributed by atoms with Gasteiger partial charge in [-0.1, -0.05) is 78.9 Å². The van der Waals surface area contributed by atoms with Crippen LogP contribution >= 0.6 is 0 Å². The van der Waals surface area contributed by atoms with Gasteiger partial charge < -0.3 is 15.5 Å². The summed E-state index contributed by atoms with van der Waals surface area (Å²) < 4.78 is 0. The molecule has 0 saturated heterocycles. The van der Waals surface area contributed by atoms with Crippen LogP contribution in [0.5, 0.6) is 0 Å². The van der Waals surface area contributed by atoms with Gasteiger partial charge in [-0.2, -0.15) is 0 Å². The third-order valence-electron chi connectivity index (χ3n) is 6.87. The van der Waals surface area contributed by atoms with Crippen molar-refractivity contribution < 1.29 is 19.3 Å². The highest BCUT2D eigenvalue weighted by molar-refractivity contribution is 6.21. The van der Waals surface area contributed by atoms with Crippen molar-refractivity contribution in [2.75, 3.05) is 16.8 Å². The first-order valence-electron chi connectivity index (χ1n) is 13.2. The molecule has 0 aliphatic carbocycles. The molecule has 0 bridgehead atoms. The van der Waals surface area contributed by atoms with E-state index in [0.717, 1.165) is 5.56 Å². The molecular formula is C32H27N5O5. The number of nitro groups is 1. The van der Waals surface area contributed by atoms with E-state index in [1.807, 2.05) is 49.4 Å². The predicted molar refractivity (Wildman–Crippen MR) is 160 cm³/mol. The fraction of sp³-hybridized carbons (Fsp3) is 0.125. The quantitative estimate of drug-likeness (QED) is 0.176. The van der Waals surface area contributed by atoms with Gasteiger partial charge in [-0.15, -0.1) is 0 Å². The number of hydrogen-bond donors (Lipinski definition) is 2. The Kier molecular flexibility index (Phi) is 7.87. The fourth-order valence-electron chi connectivity index (χ4n) is 4.81. The Balaban J connectivity index is 1.54. The Labute approximate surface area is 241 Å². The number of nitro benzene ring substituents is 1. The first-order valence-corrected chi connectivity index (χ1v) is 13.2. The van der Waals surface area contributed by atoms with E-state index in [0.29, 0.717) is 33.7 Å². The van der Waals surface area contributed by atoms with Crippen LogP contribution in [0.2, 0.25) is 0 Å². The summed E-state index contributed by atoms with van der Waals surface area (Å²) in [5, 5.41) is 16.6. The molecule has 0 radical (unpaired) electrons. The highest BCUT2D eigenvalue weighted by atomic mass is 16.6. The van der Waals surface area contributed by atoms with E-state index in [1.165, 1.54) is 17.0 Å². The Morgan fingerprint density at radius 1 is 0.929 bits per heavy atom. The molecule has 0 aromatic heterocycles. The first-order chi connectivity index (χ1) is 20.2. The monoisotopic (exact) mass is 561 g/mol. The van der Waals surface area contributed by atoms with Gasteiger partial charge in [0.05, 0.1) is 22.9 Å². The van der Waals surface area contributed by atoms with Gasteiger partial charge in [-0.05, 0) is 37.1 Å². The van der Waals surface area contributed by atoms with Crippen LogP contribution in [0, 0.1) is 24.0 Å². The van der Waals surface area contributed by atoms with Crippen LogP contribution < -0.4 is 15.5 Å². The zero-order valence-corrected chi connectivity index (χ0v) is 22.9. The number of aliphatic imine (C=N–C) groups is 1. The summed E-state index contributed by atoms with van der Waals surface area (Å²) in [5.74, 6) is -0.915. The van der Waals surface area contributed by atoms with Gasteiger partial charge in [0.15, 0.2) is 5.78 Å². The van der Waals surface area contributed by atoms with E-state index in [2.05, 4.69) is 15.6 Å². The molecule has 3 amide bonds. The maximum atomic E-state index is 14.1. The van der Waals surface area contributed by atoms with E-state index < -0.39 is 23.0 Å². The van der Waals surface area contributed by atoms with Crippen molar-refractivity contribution in [1.82, 2.24) is 5.32 Å². The summed E-state index contributed by atoms with van der Waals surface area (Å²) >= 11 is 0. The minimum atomic E-state index is -1.44. The number of nitrogens with zero attached hydrogens (tertiary/aromatic N) is 3. The van der Waals surface area contributed by atoms with Gasteiger partial charge in [0.1, 0.15) is 5.69 Å². The number of carbonyl (C=O) groups excluding carboxylic acids is 3. The molecule has 1 atom stereocenters. The average Bonchev–Trinajstić information content (AvgIpc) is 3.09. The molecule has 0 fully saturated rings. The average molecular weight is 562 g/mol.